The molecule has 1 aromatic carbocycles. The van der Waals surface area contributed by atoms with Crippen molar-refractivity contribution < 1.29 is 14.6 Å². The van der Waals surface area contributed by atoms with E-state index in [9.17, 15) is 9.90 Å². The number of carbonyl (C=O) groups is 1. The van der Waals surface area contributed by atoms with Crippen LogP contribution in [0.25, 0.3) is 0 Å². The third-order valence-electron chi connectivity index (χ3n) is 2.90. The number of hydrogen-bond acceptors (Lipinski definition) is 3. The van der Waals surface area contributed by atoms with Crippen LogP contribution in [0.5, 0.6) is 0 Å². The van der Waals surface area contributed by atoms with E-state index >= 15 is 0 Å². The fraction of sp³-hybridized carbons (Fsp3) is 0.417. The molecule has 1 fully saturated rings. The van der Waals surface area contributed by atoms with Crippen molar-refractivity contribution in [3.8, 4) is 0 Å². The lowest BCUT2D eigenvalue weighted by Gasteiger charge is -2.23. The summed E-state index contributed by atoms with van der Waals surface area (Å²) in [6, 6.07) is 9.76. The highest BCUT2D eigenvalue weighted by atomic mass is 35.5. The van der Waals surface area contributed by atoms with E-state index in [1.54, 1.807) is 0 Å². The number of hydrogen-bond donors (Lipinski definition) is 2. The van der Waals surface area contributed by atoms with Crippen molar-refractivity contribution in [2.45, 2.75) is 18.5 Å². The number of carboxylic acid groups (broad SMARTS) is 1. The van der Waals surface area contributed by atoms with E-state index in [4.69, 9.17) is 4.74 Å². The molecule has 0 bridgehead atoms. The fourth-order valence-electron chi connectivity index (χ4n) is 1.82. The number of halogens is 1. The Labute approximate surface area is 106 Å². The molecular formula is C12H16ClNO3. The minimum absolute atomic E-state index is 0. The van der Waals surface area contributed by atoms with Crippen molar-refractivity contribution in [3.63, 3.8) is 0 Å². The number of ether oxygens (including phenoxy) is 1. The Kier molecular flexibility index (Phi) is 4.93. The second-order valence-electron chi connectivity index (χ2n) is 4.03. The molecule has 94 valence electrons. The SMILES string of the molecule is Cl.O=C(O)C1(NCc2ccccc2)CCOC1. The summed E-state index contributed by atoms with van der Waals surface area (Å²) in [5, 5.41) is 12.3. The van der Waals surface area contributed by atoms with Gasteiger partial charge in [0.1, 0.15) is 5.54 Å². The molecule has 5 heteroatoms. The largest absolute Gasteiger partial charge is 0.480 e. The monoisotopic (exact) mass is 257 g/mol. The van der Waals surface area contributed by atoms with E-state index in [1.165, 1.54) is 0 Å². The molecule has 4 nitrogen and oxygen atoms in total. The van der Waals surface area contributed by atoms with Crippen LogP contribution in [0.3, 0.4) is 0 Å². The summed E-state index contributed by atoms with van der Waals surface area (Å²) < 4.78 is 5.17. The van der Waals surface area contributed by atoms with Gasteiger partial charge in [-0.1, -0.05) is 30.3 Å². The maximum absolute atomic E-state index is 11.2. The molecule has 1 aromatic rings. The quantitative estimate of drug-likeness (QED) is 0.857. The molecule has 1 atom stereocenters. The van der Waals surface area contributed by atoms with Crippen LogP contribution < -0.4 is 5.32 Å². The van der Waals surface area contributed by atoms with Crippen LogP contribution in [0.2, 0.25) is 0 Å². The lowest BCUT2D eigenvalue weighted by Crippen LogP contribution is -2.52. The smallest absolute Gasteiger partial charge is 0.326 e. The van der Waals surface area contributed by atoms with Crippen LogP contribution in [-0.4, -0.2) is 29.8 Å². The van der Waals surface area contributed by atoms with Gasteiger partial charge in [-0.3, -0.25) is 10.1 Å². The first-order valence-electron chi connectivity index (χ1n) is 5.33. The molecule has 0 amide bonds. The van der Waals surface area contributed by atoms with Crippen LogP contribution in [-0.2, 0) is 16.1 Å². The summed E-state index contributed by atoms with van der Waals surface area (Å²) in [5.41, 5.74) is 0.172. The van der Waals surface area contributed by atoms with E-state index in [-0.39, 0.29) is 19.0 Å². The standard InChI is InChI=1S/C12H15NO3.ClH/c14-11(15)12(6-7-16-9-12)13-8-10-4-2-1-3-5-10;/h1-5,13H,6-9H2,(H,14,15);1H. The topological polar surface area (TPSA) is 58.6 Å². The minimum Gasteiger partial charge on any atom is -0.480 e. The molecule has 0 spiro atoms. The van der Waals surface area contributed by atoms with Crippen molar-refractivity contribution in [2.24, 2.45) is 0 Å². The fourth-order valence-corrected chi connectivity index (χ4v) is 1.82. The highest BCUT2D eigenvalue weighted by Crippen LogP contribution is 2.19. The van der Waals surface area contributed by atoms with Crippen molar-refractivity contribution in [1.82, 2.24) is 5.32 Å². The third kappa shape index (κ3) is 3.19. The Morgan fingerprint density at radius 2 is 2.12 bits per heavy atom. The van der Waals surface area contributed by atoms with E-state index < -0.39 is 11.5 Å². The van der Waals surface area contributed by atoms with Gasteiger partial charge in [0.15, 0.2) is 0 Å². The van der Waals surface area contributed by atoms with Crippen LogP contribution in [0.4, 0.5) is 0 Å². The predicted molar refractivity (Wildman–Crippen MR) is 66.3 cm³/mol. The molecule has 0 radical (unpaired) electrons. The van der Waals surface area contributed by atoms with Gasteiger partial charge in [0.05, 0.1) is 6.61 Å². The van der Waals surface area contributed by atoms with Gasteiger partial charge in [-0.2, -0.15) is 0 Å². The normalized spacial score (nSPS) is 23.1. The molecule has 1 saturated heterocycles. The zero-order chi connectivity index (χ0) is 11.4. The van der Waals surface area contributed by atoms with Crippen LogP contribution in [0, 0.1) is 0 Å². The van der Waals surface area contributed by atoms with Crippen LogP contribution >= 0.6 is 12.4 Å². The van der Waals surface area contributed by atoms with E-state index in [0.717, 1.165) is 5.56 Å². The van der Waals surface area contributed by atoms with Crippen molar-refractivity contribution in [3.05, 3.63) is 35.9 Å². The highest BCUT2D eigenvalue weighted by molar-refractivity contribution is 5.85. The van der Waals surface area contributed by atoms with Crippen LogP contribution in [0.1, 0.15) is 12.0 Å². The van der Waals surface area contributed by atoms with Crippen molar-refractivity contribution in [2.75, 3.05) is 13.2 Å². The lowest BCUT2D eigenvalue weighted by atomic mass is 9.98. The molecule has 0 saturated carbocycles. The molecule has 2 rings (SSSR count). The Morgan fingerprint density at radius 1 is 1.41 bits per heavy atom. The lowest BCUT2D eigenvalue weighted by molar-refractivity contribution is -0.145. The second-order valence-corrected chi connectivity index (χ2v) is 4.03. The summed E-state index contributed by atoms with van der Waals surface area (Å²) in [4.78, 5) is 11.2. The molecule has 17 heavy (non-hydrogen) atoms. The summed E-state index contributed by atoms with van der Waals surface area (Å²) in [5.74, 6) is -0.832. The van der Waals surface area contributed by atoms with Gasteiger partial charge >= 0.3 is 5.97 Å². The summed E-state index contributed by atoms with van der Waals surface area (Å²) in [7, 11) is 0. The molecular weight excluding hydrogens is 242 g/mol. The maximum atomic E-state index is 11.2. The maximum Gasteiger partial charge on any atom is 0.326 e. The molecule has 1 aliphatic heterocycles. The first-order valence-corrected chi connectivity index (χ1v) is 5.33. The molecule has 1 heterocycles. The van der Waals surface area contributed by atoms with E-state index in [1.807, 2.05) is 30.3 Å². The second kappa shape index (κ2) is 6.00. The van der Waals surface area contributed by atoms with Gasteiger partial charge in [-0.15, -0.1) is 12.4 Å². The Hall–Kier alpha value is -1.10. The summed E-state index contributed by atoms with van der Waals surface area (Å²) >= 11 is 0. The molecule has 1 aliphatic rings. The zero-order valence-electron chi connectivity index (χ0n) is 9.39. The average molecular weight is 258 g/mol. The van der Waals surface area contributed by atoms with Gasteiger partial charge in [-0.05, 0) is 5.56 Å². The highest BCUT2D eigenvalue weighted by Gasteiger charge is 2.41. The molecule has 2 N–H and O–H groups in total. The summed E-state index contributed by atoms with van der Waals surface area (Å²) in [6.45, 7) is 1.31. The van der Waals surface area contributed by atoms with Gasteiger partial charge in [-0.25, -0.2) is 0 Å². The van der Waals surface area contributed by atoms with Gasteiger partial charge in [0.25, 0.3) is 0 Å². The Morgan fingerprint density at radius 3 is 2.65 bits per heavy atom. The minimum atomic E-state index is -0.907. The van der Waals surface area contributed by atoms with Gasteiger partial charge in [0, 0.05) is 19.6 Å². The van der Waals surface area contributed by atoms with Gasteiger partial charge in [0.2, 0.25) is 0 Å². The number of benzene rings is 1. The first kappa shape index (κ1) is 14.0. The van der Waals surface area contributed by atoms with Gasteiger partial charge < -0.3 is 9.84 Å². The molecule has 0 aromatic heterocycles. The Balaban J connectivity index is 0.00000144. The van der Waals surface area contributed by atoms with E-state index in [2.05, 4.69) is 5.32 Å². The average Bonchev–Trinajstić information content (AvgIpc) is 2.78. The first-order chi connectivity index (χ1) is 7.73. The van der Waals surface area contributed by atoms with E-state index in [0.29, 0.717) is 19.6 Å². The zero-order valence-corrected chi connectivity index (χ0v) is 10.2. The Bertz CT molecular complexity index is 363. The number of aliphatic carboxylic acids is 1. The molecule has 1 unspecified atom stereocenters. The van der Waals surface area contributed by atoms with Crippen molar-refractivity contribution >= 4 is 18.4 Å². The van der Waals surface area contributed by atoms with Crippen molar-refractivity contribution in [1.29, 1.82) is 0 Å². The predicted octanol–water partition coefficient (Wildman–Crippen LogP) is 1.44. The summed E-state index contributed by atoms with van der Waals surface area (Å²) in [6.07, 6.45) is 0.523. The third-order valence-corrected chi connectivity index (χ3v) is 2.90. The number of carboxylic acids is 1. The number of nitrogens with one attached hydrogen (secondary N) is 1. The molecule has 0 aliphatic carbocycles. The van der Waals surface area contributed by atoms with Crippen LogP contribution in [0.15, 0.2) is 30.3 Å². The number of rotatable bonds is 4.